The van der Waals surface area contributed by atoms with Gasteiger partial charge in [0.2, 0.25) is 0 Å². The van der Waals surface area contributed by atoms with Crippen molar-refractivity contribution in [1.29, 1.82) is 0 Å². The van der Waals surface area contributed by atoms with Crippen molar-refractivity contribution in [2.24, 2.45) is 0 Å². The minimum absolute atomic E-state index is 0.698. The zero-order valence-electron chi connectivity index (χ0n) is 57.8. The van der Waals surface area contributed by atoms with Gasteiger partial charge in [0.05, 0.1) is 72.2 Å². The molecule has 22 rings (SSSR count). The van der Waals surface area contributed by atoms with Crippen LogP contribution < -0.4 is 0 Å². The zero-order valence-corrected chi connectivity index (χ0v) is 57.8. The summed E-state index contributed by atoms with van der Waals surface area (Å²) in [5.74, 6) is 1.40. The summed E-state index contributed by atoms with van der Waals surface area (Å²) in [4.78, 5) is 25.5. The molecule has 0 amide bonds. The van der Waals surface area contributed by atoms with Gasteiger partial charge in [-0.25, -0.2) is 19.9 Å². The molecule has 107 heavy (non-hydrogen) atoms. The number of rotatable bonds is 10. The van der Waals surface area contributed by atoms with Crippen molar-refractivity contribution in [1.82, 2.24) is 47.8 Å². The Labute approximate surface area is 614 Å². The second-order valence-electron chi connectivity index (χ2n) is 27.2. The Balaban J connectivity index is 0.000000138. The maximum Gasteiger partial charge on any atom is 0.160 e. The first-order valence-corrected chi connectivity index (χ1v) is 36.1. The van der Waals surface area contributed by atoms with Crippen molar-refractivity contribution in [2.45, 2.75) is 0 Å². The average molecular weight is 1370 g/mol. The molecule has 0 aliphatic rings. The molecule has 0 saturated carbocycles. The topological polar surface area (TPSA) is 89.1 Å². The lowest BCUT2D eigenvalue weighted by Gasteiger charge is -2.12. The predicted octanol–water partition coefficient (Wildman–Crippen LogP) is 24.2. The number of fused-ring (bicyclic) bond motifs is 15. The molecule has 8 aromatic heterocycles. The summed E-state index contributed by atoms with van der Waals surface area (Å²) in [7, 11) is 0. The lowest BCUT2D eigenvalue weighted by molar-refractivity contribution is 1.12. The van der Waals surface area contributed by atoms with Crippen LogP contribution >= 0.6 is 0 Å². The minimum Gasteiger partial charge on any atom is -0.315 e. The Morgan fingerprint density at radius 2 is 0.589 bits per heavy atom. The highest BCUT2D eigenvalue weighted by Crippen LogP contribution is 2.44. The lowest BCUT2D eigenvalue weighted by Crippen LogP contribution is -1.98. The van der Waals surface area contributed by atoms with Crippen LogP contribution in [-0.2, 0) is 0 Å². The van der Waals surface area contributed by atoms with Crippen molar-refractivity contribution in [3.63, 3.8) is 0 Å². The maximum absolute atomic E-state index is 5.41. The Hall–Kier alpha value is -14.6. The minimum atomic E-state index is 0.698. The highest BCUT2D eigenvalue weighted by atomic mass is 15.1. The SMILES string of the molecule is c1ccc(-n2ccc3ccc4c5cc(-c6nc(-c7ccc(-c8ccccn8)cc7)c7ccccc7n6)ccc5n(-c5ccccc5)c4c32)cc1.c1ccc(-n2ccc3ccc4c5cc(-c6nc(-c7ccc8c(c7)c7ccccc7n8-c7ccccc7)c7ccccc7n6)ccc5n(-c5ccccc5)c4c32)cc1. The highest BCUT2D eigenvalue weighted by molar-refractivity contribution is 6.21. The van der Waals surface area contributed by atoms with Gasteiger partial charge >= 0.3 is 0 Å². The fourth-order valence-corrected chi connectivity index (χ4v) is 16.2. The third kappa shape index (κ3) is 10.2. The van der Waals surface area contributed by atoms with Crippen LogP contribution in [0.2, 0.25) is 0 Å². The summed E-state index contributed by atoms with van der Waals surface area (Å²) < 4.78 is 11.8. The second kappa shape index (κ2) is 25.1. The first-order chi connectivity index (χ1) is 53.1. The van der Waals surface area contributed by atoms with E-state index in [9.17, 15) is 0 Å². The molecule has 8 heterocycles. The Morgan fingerprint density at radius 1 is 0.215 bits per heavy atom. The summed E-state index contributed by atoms with van der Waals surface area (Å²) >= 11 is 0. The van der Waals surface area contributed by atoms with E-state index >= 15 is 0 Å². The molecular weight excluding hydrogens is 1310 g/mol. The van der Waals surface area contributed by atoms with Crippen molar-refractivity contribution < 1.29 is 0 Å². The number of pyridine rings is 1. The number of para-hydroxylation sites is 8. The van der Waals surface area contributed by atoms with E-state index in [1.165, 1.54) is 59.9 Å². The number of benzene rings is 14. The predicted molar refractivity (Wildman–Crippen MR) is 441 cm³/mol. The van der Waals surface area contributed by atoms with E-state index in [-0.39, 0.29) is 0 Å². The average Bonchev–Trinajstić information content (AvgIpc) is 1.55. The third-order valence-corrected chi connectivity index (χ3v) is 21.1. The Kier molecular flexibility index (Phi) is 14.3. The quantitative estimate of drug-likeness (QED) is 0.136. The smallest absolute Gasteiger partial charge is 0.160 e. The molecule has 0 radical (unpaired) electrons. The summed E-state index contributed by atoms with van der Waals surface area (Å²) in [5, 5.41) is 11.5. The van der Waals surface area contributed by atoms with Gasteiger partial charge in [0.1, 0.15) is 0 Å². The van der Waals surface area contributed by atoms with Crippen molar-refractivity contribution >= 4 is 109 Å². The molecule has 0 fully saturated rings. The van der Waals surface area contributed by atoms with Gasteiger partial charge in [-0.05, 0) is 152 Å². The van der Waals surface area contributed by atoms with E-state index < -0.39 is 0 Å². The van der Waals surface area contributed by atoms with E-state index in [1.807, 2.05) is 36.5 Å². The summed E-state index contributed by atoms with van der Waals surface area (Å²) in [5.41, 5.74) is 24.7. The van der Waals surface area contributed by atoms with Crippen LogP contribution in [0.25, 0.3) is 194 Å². The third-order valence-electron chi connectivity index (χ3n) is 21.1. The number of nitrogens with zero attached hydrogens (tertiary/aromatic N) is 10. The van der Waals surface area contributed by atoms with Gasteiger partial charge in [-0.3, -0.25) is 4.98 Å². The van der Waals surface area contributed by atoms with Gasteiger partial charge in [-0.1, -0.05) is 206 Å². The number of aromatic nitrogens is 10. The second-order valence-corrected chi connectivity index (χ2v) is 27.2. The molecule has 0 spiro atoms. The molecule has 0 aliphatic heterocycles. The van der Waals surface area contributed by atoms with E-state index in [1.54, 1.807) is 0 Å². The number of hydrogen-bond donors (Lipinski definition) is 0. The van der Waals surface area contributed by atoms with Crippen LogP contribution in [0.3, 0.4) is 0 Å². The van der Waals surface area contributed by atoms with Gasteiger partial charge in [-0.2, -0.15) is 0 Å². The van der Waals surface area contributed by atoms with Crippen LogP contribution in [-0.4, -0.2) is 47.8 Å². The lowest BCUT2D eigenvalue weighted by atomic mass is 10.0. The van der Waals surface area contributed by atoms with E-state index in [0.717, 1.165) is 122 Å². The van der Waals surface area contributed by atoms with E-state index in [2.05, 4.69) is 368 Å². The standard InChI is InChI=1S/C52H33N5.C45H29N5/c1-4-14-37(15-5-1)55-31-30-34-24-27-41-44-33-36(26-29-48(44)57(51(41)50(34)55)39-18-8-3-9-19-39)52-53-45-22-12-10-21-42(45)49(54-52)35-25-28-47-43(32-35)40-20-11-13-23-46(40)56(47)38-16-6-2-7-17-38;1-3-11-34(12-4-1)49-28-26-32-22-24-36-38-29-33(23-25-41(38)50(44(36)43(32)49)35-13-5-2-6-14-35)45-47-40-17-8-7-15-37(40)42(48-45)31-20-18-30(19-21-31)39-16-9-10-27-46-39/h1-33H;1-29H. The Morgan fingerprint density at radius 3 is 1.08 bits per heavy atom. The van der Waals surface area contributed by atoms with Crippen LogP contribution in [0.1, 0.15) is 0 Å². The molecule has 10 heteroatoms. The molecule has 0 N–H and O–H groups in total. The molecule has 0 atom stereocenters. The molecule has 0 aliphatic carbocycles. The van der Waals surface area contributed by atoms with E-state index in [4.69, 9.17) is 19.9 Å². The van der Waals surface area contributed by atoms with Gasteiger partial charge < -0.3 is 22.8 Å². The maximum atomic E-state index is 5.41. The molecule has 500 valence electrons. The van der Waals surface area contributed by atoms with Crippen LogP contribution in [0, 0.1) is 0 Å². The largest absolute Gasteiger partial charge is 0.315 e. The Bertz CT molecular complexity index is 7200. The normalized spacial score (nSPS) is 11.7. The van der Waals surface area contributed by atoms with Gasteiger partial charge in [0.25, 0.3) is 0 Å². The first kappa shape index (κ1) is 61.1. The molecule has 10 nitrogen and oxygen atoms in total. The number of hydrogen-bond acceptors (Lipinski definition) is 5. The first-order valence-electron chi connectivity index (χ1n) is 36.1. The van der Waals surface area contributed by atoms with Gasteiger partial charge in [0.15, 0.2) is 11.6 Å². The van der Waals surface area contributed by atoms with Crippen molar-refractivity contribution in [3.8, 4) is 85.0 Å². The molecule has 0 saturated heterocycles. The highest BCUT2D eigenvalue weighted by Gasteiger charge is 2.24. The van der Waals surface area contributed by atoms with Crippen molar-refractivity contribution in [3.05, 3.63) is 377 Å². The summed E-state index contributed by atoms with van der Waals surface area (Å²) in [6.45, 7) is 0. The van der Waals surface area contributed by atoms with Crippen molar-refractivity contribution in [2.75, 3.05) is 0 Å². The molecule has 0 unspecified atom stereocenters. The fraction of sp³-hybridized carbons (Fsp3) is 0. The van der Waals surface area contributed by atoms with Gasteiger partial charge in [-0.15, -0.1) is 0 Å². The zero-order chi connectivity index (χ0) is 70.5. The summed E-state index contributed by atoms with van der Waals surface area (Å²) in [6.07, 6.45) is 6.18. The summed E-state index contributed by atoms with van der Waals surface area (Å²) in [6, 6.07) is 126. The monoisotopic (exact) mass is 1370 g/mol. The molecule has 14 aromatic carbocycles. The van der Waals surface area contributed by atoms with Crippen LogP contribution in [0.5, 0.6) is 0 Å². The van der Waals surface area contributed by atoms with Crippen LogP contribution in [0.15, 0.2) is 377 Å². The fourth-order valence-electron chi connectivity index (χ4n) is 16.2. The molecule has 0 bridgehead atoms. The molecular formula is C97H62N10. The van der Waals surface area contributed by atoms with Crippen LogP contribution in [0.4, 0.5) is 0 Å². The van der Waals surface area contributed by atoms with Gasteiger partial charge in [0, 0.05) is 129 Å². The van der Waals surface area contributed by atoms with E-state index in [0.29, 0.717) is 11.6 Å². The molecule has 22 aromatic rings.